The van der Waals surface area contributed by atoms with Crippen LogP contribution in [0.1, 0.15) is 37.9 Å². The van der Waals surface area contributed by atoms with E-state index >= 15 is 0 Å². The maximum atomic E-state index is 11.8. The van der Waals surface area contributed by atoms with Crippen LogP contribution in [0.2, 0.25) is 0 Å². The number of hydrogen-bond acceptors (Lipinski definition) is 5. The Kier molecular flexibility index (Phi) is 6.12. The van der Waals surface area contributed by atoms with Crippen LogP contribution in [0.25, 0.3) is 11.4 Å². The predicted octanol–water partition coefficient (Wildman–Crippen LogP) is 4.24. The minimum atomic E-state index is -0.137. The Morgan fingerprint density at radius 3 is 2.57 bits per heavy atom. The number of pyridine rings is 1. The van der Waals surface area contributed by atoms with Crippen LogP contribution in [-0.4, -0.2) is 28.0 Å². The summed E-state index contributed by atoms with van der Waals surface area (Å²) in [6.45, 7) is 7.33. The van der Waals surface area contributed by atoms with Crippen molar-refractivity contribution >= 4 is 11.5 Å². The lowest BCUT2D eigenvalue weighted by Crippen LogP contribution is -2.32. The van der Waals surface area contributed by atoms with E-state index in [9.17, 15) is 4.79 Å². The first-order chi connectivity index (χ1) is 14.6. The van der Waals surface area contributed by atoms with Crippen molar-refractivity contribution < 1.29 is 0 Å². The molecule has 0 unspecified atom stereocenters. The van der Waals surface area contributed by atoms with Gasteiger partial charge >= 0.3 is 0 Å². The third-order valence-electron chi connectivity index (χ3n) is 5.75. The lowest BCUT2D eigenvalue weighted by Gasteiger charge is -2.32. The fourth-order valence-electron chi connectivity index (χ4n) is 3.75. The van der Waals surface area contributed by atoms with Crippen molar-refractivity contribution in [3.05, 3.63) is 70.3 Å². The molecule has 4 rings (SSSR count). The molecule has 156 valence electrons. The van der Waals surface area contributed by atoms with E-state index in [0.717, 1.165) is 42.5 Å². The summed E-state index contributed by atoms with van der Waals surface area (Å²) in [5.41, 5.74) is 3.97. The molecule has 30 heavy (non-hydrogen) atoms. The maximum absolute atomic E-state index is 11.8. The molecule has 1 saturated heterocycles. The highest BCUT2D eigenvalue weighted by Gasteiger charge is 2.15. The number of piperidine rings is 1. The monoisotopic (exact) mass is 403 g/mol. The summed E-state index contributed by atoms with van der Waals surface area (Å²) in [5, 5.41) is 3.36. The Hall–Kier alpha value is -3.15. The third kappa shape index (κ3) is 4.87. The topological polar surface area (TPSA) is 73.9 Å². The molecule has 3 heterocycles. The fraction of sp³-hybridized carbons (Fsp3) is 0.375. The quantitative estimate of drug-likeness (QED) is 0.644. The highest BCUT2D eigenvalue weighted by atomic mass is 16.1. The summed E-state index contributed by atoms with van der Waals surface area (Å²) in [6.07, 6.45) is 5.01. The van der Waals surface area contributed by atoms with Gasteiger partial charge in [-0.3, -0.25) is 4.79 Å². The zero-order valence-electron chi connectivity index (χ0n) is 17.7. The Balaban J connectivity index is 1.36. The van der Waals surface area contributed by atoms with Crippen LogP contribution in [0.3, 0.4) is 0 Å². The molecule has 0 radical (unpaired) electrons. The average molecular weight is 404 g/mol. The van der Waals surface area contributed by atoms with Crippen molar-refractivity contribution in [3.63, 3.8) is 0 Å². The minimum Gasteiger partial charge on any atom is -0.372 e. The number of benzene rings is 1. The molecule has 0 bridgehead atoms. The van der Waals surface area contributed by atoms with Gasteiger partial charge in [0.25, 0.3) is 5.56 Å². The van der Waals surface area contributed by atoms with Gasteiger partial charge in [0.05, 0.1) is 0 Å². The molecule has 1 aliphatic rings. The highest BCUT2D eigenvalue weighted by molar-refractivity contribution is 5.56. The van der Waals surface area contributed by atoms with Crippen LogP contribution < -0.4 is 15.8 Å². The SMILES string of the molecule is CCc1cc(=O)[nH]c(-c2ccc(NCc3ccc(N4CCC(C)CC4)cc3)nc2)n1. The van der Waals surface area contributed by atoms with E-state index < -0.39 is 0 Å². The number of aromatic nitrogens is 3. The van der Waals surface area contributed by atoms with Gasteiger partial charge in [0.2, 0.25) is 0 Å². The molecule has 6 nitrogen and oxygen atoms in total. The van der Waals surface area contributed by atoms with Gasteiger partial charge in [0, 0.05) is 48.8 Å². The van der Waals surface area contributed by atoms with Crippen molar-refractivity contribution in [1.29, 1.82) is 0 Å². The first kappa shape index (κ1) is 20.1. The zero-order chi connectivity index (χ0) is 20.9. The van der Waals surface area contributed by atoms with E-state index in [0.29, 0.717) is 12.4 Å². The number of H-pyrrole nitrogens is 1. The number of aromatic amines is 1. The first-order valence-electron chi connectivity index (χ1n) is 10.7. The van der Waals surface area contributed by atoms with Crippen LogP contribution in [0.15, 0.2) is 53.5 Å². The smallest absolute Gasteiger partial charge is 0.251 e. The van der Waals surface area contributed by atoms with Gasteiger partial charge in [0.15, 0.2) is 0 Å². The molecule has 2 N–H and O–H groups in total. The summed E-state index contributed by atoms with van der Waals surface area (Å²) < 4.78 is 0. The van der Waals surface area contributed by atoms with E-state index in [4.69, 9.17) is 0 Å². The van der Waals surface area contributed by atoms with Crippen LogP contribution in [0, 0.1) is 5.92 Å². The molecule has 6 heteroatoms. The third-order valence-corrected chi connectivity index (χ3v) is 5.75. The summed E-state index contributed by atoms with van der Waals surface area (Å²) in [6, 6.07) is 14.2. The van der Waals surface area contributed by atoms with E-state index in [2.05, 4.69) is 56.4 Å². The van der Waals surface area contributed by atoms with Gasteiger partial charge in [-0.15, -0.1) is 0 Å². The normalized spacial score (nSPS) is 14.7. The van der Waals surface area contributed by atoms with Gasteiger partial charge in [-0.25, -0.2) is 9.97 Å². The first-order valence-corrected chi connectivity index (χ1v) is 10.7. The molecule has 0 amide bonds. The highest BCUT2D eigenvalue weighted by Crippen LogP contribution is 2.23. The van der Waals surface area contributed by atoms with Crippen LogP contribution in [0.4, 0.5) is 11.5 Å². The molecule has 1 aliphatic heterocycles. The maximum Gasteiger partial charge on any atom is 0.251 e. The minimum absolute atomic E-state index is 0.137. The molecule has 0 atom stereocenters. The van der Waals surface area contributed by atoms with Crippen LogP contribution >= 0.6 is 0 Å². The summed E-state index contributed by atoms with van der Waals surface area (Å²) >= 11 is 0. The molecule has 0 saturated carbocycles. The van der Waals surface area contributed by atoms with Crippen LogP contribution in [-0.2, 0) is 13.0 Å². The molecule has 1 aromatic carbocycles. The molecule has 0 spiro atoms. The molecule has 3 aromatic rings. The van der Waals surface area contributed by atoms with Gasteiger partial charge in [-0.1, -0.05) is 26.0 Å². The number of nitrogens with one attached hydrogen (secondary N) is 2. The van der Waals surface area contributed by atoms with Crippen molar-refractivity contribution in [1.82, 2.24) is 15.0 Å². The molecular weight excluding hydrogens is 374 g/mol. The van der Waals surface area contributed by atoms with Gasteiger partial charge in [0.1, 0.15) is 11.6 Å². The second-order valence-corrected chi connectivity index (χ2v) is 8.06. The second kappa shape index (κ2) is 9.11. The summed E-state index contributed by atoms with van der Waals surface area (Å²) in [5.74, 6) is 2.19. The molecule has 0 aliphatic carbocycles. The van der Waals surface area contributed by atoms with Crippen molar-refractivity contribution in [3.8, 4) is 11.4 Å². The standard InChI is InChI=1S/C24H29N5O/c1-3-20-14-23(30)28-24(27-20)19-6-9-22(26-16-19)25-15-18-4-7-21(8-5-18)29-12-10-17(2)11-13-29/h4-9,14,16-17H,3,10-13,15H2,1-2H3,(H,25,26)(H,27,28,30). The number of hydrogen-bond donors (Lipinski definition) is 2. The van der Waals surface area contributed by atoms with E-state index in [1.807, 2.05) is 19.1 Å². The fourth-order valence-corrected chi connectivity index (χ4v) is 3.75. The lowest BCUT2D eigenvalue weighted by atomic mass is 9.99. The Bertz CT molecular complexity index is 1020. The molecular formula is C24H29N5O. The largest absolute Gasteiger partial charge is 0.372 e. The van der Waals surface area contributed by atoms with Crippen molar-refractivity contribution in [2.24, 2.45) is 5.92 Å². The van der Waals surface area contributed by atoms with Crippen LogP contribution in [0.5, 0.6) is 0 Å². The van der Waals surface area contributed by atoms with E-state index in [1.54, 1.807) is 6.20 Å². The summed E-state index contributed by atoms with van der Waals surface area (Å²) in [7, 11) is 0. The zero-order valence-corrected chi connectivity index (χ0v) is 17.7. The van der Waals surface area contributed by atoms with E-state index in [-0.39, 0.29) is 5.56 Å². The molecule has 1 fully saturated rings. The second-order valence-electron chi connectivity index (χ2n) is 8.06. The lowest BCUT2D eigenvalue weighted by molar-refractivity contribution is 0.438. The average Bonchev–Trinajstić information content (AvgIpc) is 2.78. The summed E-state index contributed by atoms with van der Waals surface area (Å²) in [4.78, 5) is 26.0. The van der Waals surface area contributed by atoms with Crippen molar-refractivity contribution in [2.75, 3.05) is 23.3 Å². The Morgan fingerprint density at radius 1 is 1.13 bits per heavy atom. The van der Waals surface area contributed by atoms with E-state index in [1.165, 1.54) is 30.2 Å². The Morgan fingerprint density at radius 2 is 1.90 bits per heavy atom. The number of rotatable bonds is 6. The van der Waals surface area contributed by atoms with Gasteiger partial charge < -0.3 is 15.2 Å². The number of anilines is 2. The predicted molar refractivity (Wildman–Crippen MR) is 122 cm³/mol. The van der Waals surface area contributed by atoms with Gasteiger partial charge in [-0.05, 0) is 55.0 Å². The number of nitrogens with zero attached hydrogens (tertiary/aromatic N) is 3. The number of aryl methyl sites for hydroxylation is 1. The van der Waals surface area contributed by atoms with Crippen molar-refractivity contribution in [2.45, 2.75) is 39.7 Å². The molecule has 2 aromatic heterocycles. The Labute approximate surface area is 177 Å². The van der Waals surface area contributed by atoms with Gasteiger partial charge in [-0.2, -0.15) is 0 Å².